The minimum atomic E-state index is -3.55. The minimum Gasteiger partial charge on any atom is -0.383 e. The Hall–Kier alpha value is -4.04. The van der Waals surface area contributed by atoms with Gasteiger partial charge >= 0.3 is 0 Å². The average molecular weight is 466 g/mol. The van der Waals surface area contributed by atoms with E-state index in [4.69, 9.17) is 11.0 Å². The molecule has 0 unspecified atom stereocenters. The molecule has 4 rings (SSSR count). The van der Waals surface area contributed by atoms with E-state index in [0.717, 1.165) is 11.8 Å². The van der Waals surface area contributed by atoms with E-state index in [1.165, 1.54) is 24.3 Å². The number of anilines is 2. The van der Waals surface area contributed by atoms with Crippen molar-refractivity contribution in [3.63, 3.8) is 0 Å². The van der Waals surface area contributed by atoms with Gasteiger partial charge in [0.2, 0.25) is 5.82 Å². The number of hydrogen-bond donors (Lipinski definition) is 2. The van der Waals surface area contributed by atoms with Crippen LogP contribution < -0.4 is 11.1 Å². The predicted molar refractivity (Wildman–Crippen MR) is 122 cm³/mol. The van der Waals surface area contributed by atoms with Gasteiger partial charge in [-0.05, 0) is 36.8 Å². The van der Waals surface area contributed by atoms with E-state index >= 15 is 0 Å². The lowest BCUT2D eigenvalue weighted by atomic mass is 10.2. The maximum absolute atomic E-state index is 13.4. The Balaban J connectivity index is 1.85. The summed E-state index contributed by atoms with van der Waals surface area (Å²) in [4.78, 5) is 12.8. The smallest absolute Gasteiger partial charge is 0.236 e. The van der Waals surface area contributed by atoms with Gasteiger partial charge in [0.05, 0.1) is 22.0 Å². The predicted octanol–water partition coefficient (Wildman–Crippen LogP) is 3.04. The molecular weight excluding hydrogens is 445 g/mol. The van der Waals surface area contributed by atoms with Crippen molar-refractivity contribution in [1.29, 1.82) is 5.26 Å². The van der Waals surface area contributed by atoms with Gasteiger partial charge in [-0.2, -0.15) is 5.26 Å². The summed E-state index contributed by atoms with van der Waals surface area (Å²) in [7, 11) is -3.55. The largest absolute Gasteiger partial charge is 0.383 e. The zero-order chi connectivity index (χ0) is 23.8. The van der Waals surface area contributed by atoms with Crippen molar-refractivity contribution in [2.75, 3.05) is 17.3 Å². The van der Waals surface area contributed by atoms with Gasteiger partial charge in [0.1, 0.15) is 29.3 Å². The van der Waals surface area contributed by atoms with Crippen molar-refractivity contribution < 1.29 is 12.8 Å². The molecule has 9 nitrogen and oxygen atoms in total. The van der Waals surface area contributed by atoms with E-state index in [1.807, 2.05) is 13.0 Å². The highest BCUT2D eigenvalue weighted by molar-refractivity contribution is 7.91. The molecule has 1 atom stereocenters. The number of nitrogen functional groups attached to an aromatic ring is 1. The van der Waals surface area contributed by atoms with Gasteiger partial charge in [0, 0.05) is 18.9 Å². The Bertz CT molecular complexity index is 1490. The number of benzene rings is 2. The third-order valence-corrected chi connectivity index (χ3v) is 6.14. The molecule has 2 aromatic heterocycles. The first-order valence-corrected chi connectivity index (χ1v) is 11.8. The van der Waals surface area contributed by atoms with E-state index in [1.54, 1.807) is 28.8 Å². The SMILES string of the molecule is C[C@H](Nc1cc(N)nc(C#N)n1)c1nc2cccc(S(C)(=O)=O)c2n1Cc1ccc(F)cc1. The molecular formula is C22H20FN7O2S. The minimum absolute atomic E-state index is 0.0797. The second kappa shape index (κ2) is 8.48. The lowest BCUT2D eigenvalue weighted by molar-refractivity contribution is 0.601. The van der Waals surface area contributed by atoms with Crippen LogP contribution in [0.4, 0.5) is 16.0 Å². The van der Waals surface area contributed by atoms with Gasteiger partial charge in [-0.15, -0.1) is 0 Å². The molecule has 3 N–H and O–H groups in total. The van der Waals surface area contributed by atoms with Crippen molar-refractivity contribution >= 4 is 32.5 Å². The second-order valence-electron chi connectivity index (χ2n) is 7.56. The first kappa shape index (κ1) is 22.2. The number of halogens is 1. The molecule has 0 bridgehead atoms. The molecule has 0 aliphatic carbocycles. The summed E-state index contributed by atoms with van der Waals surface area (Å²) in [5, 5.41) is 12.3. The third kappa shape index (κ3) is 4.61. The van der Waals surface area contributed by atoms with Crippen LogP contribution in [0.15, 0.2) is 53.4 Å². The molecule has 0 saturated heterocycles. The van der Waals surface area contributed by atoms with Crippen LogP contribution in [0.3, 0.4) is 0 Å². The van der Waals surface area contributed by atoms with Crippen molar-refractivity contribution in [2.24, 2.45) is 0 Å². The molecule has 0 saturated carbocycles. The fourth-order valence-corrected chi connectivity index (χ4v) is 4.50. The molecule has 168 valence electrons. The quantitative estimate of drug-likeness (QED) is 0.443. The van der Waals surface area contributed by atoms with Gasteiger partial charge in [-0.1, -0.05) is 18.2 Å². The number of aromatic nitrogens is 4. The zero-order valence-electron chi connectivity index (χ0n) is 17.8. The van der Waals surface area contributed by atoms with Crippen molar-refractivity contribution in [1.82, 2.24) is 19.5 Å². The lowest BCUT2D eigenvalue weighted by Gasteiger charge is -2.18. The number of para-hydroxylation sites is 1. The summed E-state index contributed by atoms with van der Waals surface area (Å²) in [6.45, 7) is 2.09. The second-order valence-corrected chi connectivity index (χ2v) is 9.54. The highest BCUT2D eigenvalue weighted by atomic mass is 32.2. The maximum atomic E-state index is 13.4. The van der Waals surface area contributed by atoms with Crippen LogP contribution in [0, 0.1) is 17.1 Å². The Morgan fingerprint density at radius 3 is 2.58 bits per heavy atom. The first-order valence-electron chi connectivity index (χ1n) is 9.90. The summed E-state index contributed by atoms with van der Waals surface area (Å²) >= 11 is 0. The van der Waals surface area contributed by atoms with E-state index < -0.39 is 15.9 Å². The molecule has 0 aliphatic heterocycles. The molecule has 0 amide bonds. The van der Waals surface area contributed by atoms with Crippen molar-refractivity contribution in [2.45, 2.75) is 24.4 Å². The van der Waals surface area contributed by atoms with Gasteiger partial charge in [0.25, 0.3) is 0 Å². The van der Waals surface area contributed by atoms with Crippen molar-refractivity contribution in [3.8, 4) is 6.07 Å². The molecule has 0 fully saturated rings. The van der Waals surface area contributed by atoms with Crippen molar-refractivity contribution in [3.05, 3.63) is 71.6 Å². The monoisotopic (exact) mass is 465 g/mol. The molecule has 0 spiro atoms. The Morgan fingerprint density at radius 1 is 1.18 bits per heavy atom. The standard InChI is InChI=1S/C22H20FN7O2S/c1-13(26-19-10-18(25)28-20(11-24)29-19)22-27-16-4-3-5-17(33(2,31)32)21(16)30(22)12-14-6-8-15(23)9-7-14/h3-10,13H,12H2,1-2H3,(H3,25,26,28,29)/t13-/m0/s1. The molecule has 4 aromatic rings. The van der Waals surface area contributed by atoms with Gasteiger partial charge in [0.15, 0.2) is 9.84 Å². The number of imidazole rings is 1. The summed E-state index contributed by atoms with van der Waals surface area (Å²) in [5.41, 5.74) is 7.49. The number of hydrogen-bond acceptors (Lipinski definition) is 8. The zero-order valence-corrected chi connectivity index (χ0v) is 18.6. The fourth-order valence-electron chi connectivity index (χ4n) is 3.61. The van der Waals surface area contributed by atoms with Gasteiger partial charge in [-0.25, -0.2) is 27.8 Å². The number of nitriles is 1. The summed E-state index contributed by atoms with van der Waals surface area (Å²) in [6, 6.07) is 13.8. The fraction of sp³-hybridized carbons (Fsp3) is 0.182. The van der Waals surface area contributed by atoms with Crippen LogP contribution in [-0.4, -0.2) is 34.2 Å². The van der Waals surface area contributed by atoms with Crippen LogP contribution in [0.1, 0.15) is 30.2 Å². The van der Waals surface area contributed by atoms with Crippen LogP contribution >= 0.6 is 0 Å². The van der Waals surface area contributed by atoms with E-state index in [-0.39, 0.29) is 28.9 Å². The maximum Gasteiger partial charge on any atom is 0.236 e. The Kier molecular flexibility index (Phi) is 5.69. The number of rotatable bonds is 6. The summed E-state index contributed by atoms with van der Waals surface area (Å²) in [5.74, 6) is 0.548. The molecule has 33 heavy (non-hydrogen) atoms. The highest BCUT2D eigenvalue weighted by Crippen LogP contribution is 2.29. The van der Waals surface area contributed by atoms with E-state index in [9.17, 15) is 12.8 Å². The number of nitrogens with one attached hydrogen (secondary N) is 1. The number of sulfone groups is 1. The average Bonchev–Trinajstić information content (AvgIpc) is 3.12. The molecule has 2 heterocycles. The van der Waals surface area contributed by atoms with Crippen LogP contribution in [0.25, 0.3) is 11.0 Å². The third-order valence-electron chi connectivity index (χ3n) is 5.01. The number of nitrogens with zero attached hydrogens (tertiary/aromatic N) is 5. The van der Waals surface area contributed by atoms with Crippen LogP contribution in [0.5, 0.6) is 0 Å². The number of fused-ring (bicyclic) bond motifs is 1. The number of nitrogens with two attached hydrogens (primary N) is 1. The molecule has 0 radical (unpaired) electrons. The first-order chi connectivity index (χ1) is 15.7. The Morgan fingerprint density at radius 2 is 1.91 bits per heavy atom. The summed E-state index contributed by atoms with van der Waals surface area (Å²) < 4.78 is 40.2. The van der Waals surface area contributed by atoms with Gasteiger partial charge in [-0.3, -0.25) is 0 Å². The highest BCUT2D eigenvalue weighted by Gasteiger charge is 2.23. The van der Waals surface area contributed by atoms with Crippen LogP contribution in [0.2, 0.25) is 0 Å². The van der Waals surface area contributed by atoms with Crippen LogP contribution in [-0.2, 0) is 16.4 Å². The topological polar surface area (TPSA) is 140 Å². The molecule has 2 aromatic carbocycles. The van der Waals surface area contributed by atoms with Gasteiger partial charge < -0.3 is 15.6 Å². The van der Waals surface area contributed by atoms with E-state index in [2.05, 4.69) is 20.3 Å². The Labute approximate surface area is 189 Å². The molecule has 0 aliphatic rings. The molecule has 11 heteroatoms. The normalized spacial score (nSPS) is 12.4. The van der Waals surface area contributed by atoms with E-state index in [0.29, 0.717) is 22.7 Å². The summed E-state index contributed by atoms with van der Waals surface area (Å²) in [6.07, 6.45) is 1.14. The lowest BCUT2D eigenvalue weighted by Crippen LogP contribution is -2.16.